The number of nitrogens with zero attached hydrogens (tertiary/aromatic N) is 1. The lowest BCUT2D eigenvalue weighted by Gasteiger charge is -2.33. The summed E-state index contributed by atoms with van der Waals surface area (Å²) in [6, 6.07) is 2.66. The molecule has 2 rings (SSSR count). The molecule has 8 heteroatoms. The van der Waals surface area contributed by atoms with Crippen LogP contribution in [0.25, 0.3) is 0 Å². The van der Waals surface area contributed by atoms with Crippen molar-refractivity contribution in [1.82, 2.24) is 10.2 Å². The molecular formula is C16H19IN2O5. The molecular weight excluding hydrogens is 427 g/mol. The minimum atomic E-state index is -0.630. The Balaban J connectivity index is 2.63. The van der Waals surface area contributed by atoms with Crippen molar-refractivity contribution >= 4 is 34.6 Å². The number of ether oxygens (including phenoxy) is 3. The van der Waals surface area contributed by atoms with Gasteiger partial charge in [0, 0.05) is 12.7 Å². The van der Waals surface area contributed by atoms with Crippen LogP contribution in [0, 0.1) is 3.57 Å². The van der Waals surface area contributed by atoms with E-state index in [1.807, 2.05) is 6.07 Å². The van der Waals surface area contributed by atoms with E-state index in [-0.39, 0.29) is 6.03 Å². The quantitative estimate of drug-likeness (QED) is 0.568. The van der Waals surface area contributed by atoms with Gasteiger partial charge in [-0.25, -0.2) is 9.59 Å². The molecule has 0 aliphatic carbocycles. The number of allylic oxidation sites excluding steroid dienone is 1. The fraction of sp³-hybridized carbons (Fsp3) is 0.375. The first kappa shape index (κ1) is 18.4. The van der Waals surface area contributed by atoms with Gasteiger partial charge in [0.2, 0.25) is 0 Å². The number of esters is 1. The summed E-state index contributed by atoms with van der Waals surface area (Å²) >= 11 is 2.12. The average Bonchev–Trinajstić information content (AvgIpc) is 2.57. The molecule has 1 aliphatic heterocycles. The van der Waals surface area contributed by atoms with E-state index in [2.05, 4.69) is 27.9 Å². The number of hydrogen-bond acceptors (Lipinski definition) is 5. The number of benzene rings is 1. The zero-order valence-electron chi connectivity index (χ0n) is 14.1. The monoisotopic (exact) mass is 446 g/mol. The van der Waals surface area contributed by atoms with Crippen LogP contribution in [0.5, 0.6) is 11.5 Å². The third kappa shape index (κ3) is 3.14. The van der Waals surface area contributed by atoms with Crippen LogP contribution in [-0.4, -0.2) is 45.3 Å². The number of carbonyl (C=O) groups is 2. The van der Waals surface area contributed by atoms with E-state index < -0.39 is 12.0 Å². The molecule has 0 fully saturated rings. The van der Waals surface area contributed by atoms with Crippen LogP contribution in [0.1, 0.15) is 18.5 Å². The molecule has 0 spiro atoms. The molecule has 7 nitrogen and oxygen atoms in total. The van der Waals surface area contributed by atoms with Gasteiger partial charge in [0.05, 0.1) is 36.5 Å². The number of rotatable bonds is 4. The minimum absolute atomic E-state index is 0.296. The highest BCUT2D eigenvalue weighted by atomic mass is 127. The topological polar surface area (TPSA) is 77.1 Å². The van der Waals surface area contributed by atoms with Crippen molar-refractivity contribution in [3.8, 4) is 11.5 Å². The largest absolute Gasteiger partial charge is 0.493 e. The molecule has 0 unspecified atom stereocenters. The summed E-state index contributed by atoms with van der Waals surface area (Å²) in [5.41, 5.74) is 1.63. The lowest BCUT2D eigenvalue weighted by Crippen LogP contribution is -2.46. The Kier molecular flexibility index (Phi) is 5.58. The molecule has 1 aromatic rings. The van der Waals surface area contributed by atoms with E-state index in [1.165, 1.54) is 19.1 Å². The van der Waals surface area contributed by atoms with Crippen LogP contribution in [0.4, 0.5) is 4.79 Å². The molecule has 0 saturated heterocycles. The Morgan fingerprint density at radius 1 is 1.25 bits per heavy atom. The van der Waals surface area contributed by atoms with Crippen molar-refractivity contribution in [3.63, 3.8) is 0 Å². The van der Waals surface area contributed by atoms with Gasteiger partial charge in [-0.3, -0.25) is 0 Å². The summed E-state index contributed by atoms with van der Waals surface area (Å²) in [6.45, 7) is 1.71. The molecule has 0 saturated carbocycles. The third-order valence-electron chi connectivity index (χ3n) is 3.95. The second-order valence-electron chi connectivity index (χ2n) is 5.17. The second kappa shape index (κ2) is 7.29. The lowest BCUT2D eigenvalue weighted by molar-refractivity contribution is -0.136. The Hall–Kier alpha value is -1.97. The molecule has 0 aromatic heterocycles. The summed E-state index contributed by atoms with van der Waals surface area (Å²) < 4.78 is 16.4. The number of halogens is 1. The predicted octanol–water partition coefficient (Wildman–Crippen LogP) is 2.45. The summed E-state index contributed by atoms with van der Waals surface area (Å²) in [5, 5.41) is 2.82. The SMILES string of the molecule is COC(=O)C1=C(C)N(C)C(=O)N[C@@H]1c1cc(I)c(OC)c(OC)c1. The van der Waals surface area contributed by atoms with Crippen molar-refractivity contribution in [3.05, 3.63) is 32.5 Å². The second-order valence-corrected chi connectivity index (χ2v) is 6.33. The molecule has 130 valence electrons. The summed E-state index contributed by atoms with van der Waals surface area (Å²) in [4.78, 5) is 25.8. The molecule has 1 heterocycles. The van der Waals surface area contributed by atoms with Crippen LogP contribution in [0.2, 0.25) is 0 Å². The van der Waals surface area contributed by atoms with Gasteiger partial charge >= 0.3 is 12.0 Å². The molecule has 1 N–H and O–H groups in total. The fourth-order valence-electron chi connectivity index (χ4n) is 2.56. The van der Waals surface area contributed by atoms with Crippen molar-refractivity contribution in [2.45, 2.75) is 13.0 Å². The predicted molar refractivity (Wildman–Crippen MR) is 96.0 cm³/mol. The van der Waals surface area contributed by atoms with E-state index in [1.54, 1.807) is 27.1 Å². The van der Waals surface area contributed by atoms with E-state index in [0.717, 1.165) is 3.57 Å². The van der Waals surface area contributed by atoms with E-state index >= 15 is 0 Å². The first-order valence-electron chi connectivity index (χ1n) is 7.10. The van der Waals surface area contributed by atoms with Crippen LogP contribution in [0.3, 0.4) is 0 Å². The van der Waals surface area contributed by atoms with Gasteiger partial charge < -0.3 is 24.4 Å². The van der Waals surface area contributed by atoms with Crippen molar-refractivity contribution in [2.24, 2.45) is 0 Å². The molecule has 1 aromatic carbocycles. The van der Waals surface area contributed by atoms with Gasteiger partial charge in [-0.1, -0.05) is 0 Å². The first-order chi connectivity index (χ1) is 11.3. The number of hydrogen-bond donors (Lipinski definition) is 1. The standard InChI is InChI=1S/C16H19IN2O5/c1-8-12(15(20)24-5)13(18-16(21)19(8)2)9-6-10(17)14(23-4)11(7-9)22-3/h6-7,13H,1-5H3,(H,18,21)/t13-/m1/s1. The van der Waals surface area contributed by atoms with Crippen molar-refractivity contribution < 1.29 is 23.8 Å². The van der Waals surface area contributed by atoms with Gasteiger partial charge in [0.25, 0.3) is 0 Å². The van der Waals surface area contributed by atoms with E-state index in [4.69, 9.17) is 14.2 Å². The Morgan fingerprint density at radius 3 is 2.46 bits per heavy atom. The third-order valence-corrected chi connectivity index (χ3v) is 4.75. The molecule has 24 heavy (non-hydrogen) atoms. The molecule has 0 bridgehead atoms. The Morgan fingerprint density at radius 2 is 1.92 bits per heavy atom. The number of urea groups is 1. The molecule has 0 radical (unpaired) electrons. The van der Waals surface area contributed by atoms with Crippen LogP contribution < -0.4 is 14.8 Å². The van der Waals surface area contributed by atoms with Crippen LogP contribution >= 0.6 is 22.6 Å². The molecule has 1 atom stereocenters. The maximum absolute atomic E-state index is 12.3. The van der Waals surface area contributed by atoms with Crippen LogP contribution in [-0.2, 0) is 9.53 Å². The van der Waals surface area contributed by atoms with Gasteiger partial charge in [-0.15, -0.1) is 0 Å². The zero-order chi connectivity index (χ0) is 18.0. The van der Waals surface area contributed by atoms with Crippen molar-refractivity contribution in [1.29, 1.82) is 0 Å². The lowest BCUT2D eigenvalue weighted by atomic mass is 9.94. The summed E-state index contributed by atoms with van der Waals surface area (Å²) in [5.74, 6) is 0.630. The Bertz CT molecular complexity index is 717. The van der Waals surface area contributed by atoms with Gasteiger partial charge in [0.1, 0.15) is 0 Å². The smallest absolute Gasteiger partial charge is 0.337 e. The fourth-order valence-corrected chi connectivity index (χ4v) is 3.41. The van der Waals surface area contributed by atoms with Crippen LogP contribution in [0.15, 0.2) is 23.4 Å². The molecule has 1 aliphatic rings. The highest BCUT2D eigenvalue weighted by molar-refractivity contribution is 14.1. The zero-order valence-corrected chi connectivity index (χ0v) is 16.3. The summed E-state index contributed by atoms with van der Waals surface area (Å²) in [7, 11) is 6.00. The Labute approximate surface area is 154 Å². The maximum Gasteiger partial charge on any atom is 0.337 e. The summed E-state index contributed by atoms with van der Waals surface area (Å²) in [6.07, 6.45) is 0. The van der Waals surface area contributed by atoms with E-state index in [9.17, 15) is 9.59 Å². The minimum Gasteiger partial charge on any atom is -0.493 e. The average molecular weight is 446 g/mol. The van der Waals surface area contributed by atoms with Gasteiger partial charge in [-0.2, -0.15) is 0 Å². The highest BCUT2D eigenvalue weighted by Gasteiger charge is 2.35. The number of amides is 2. The molecule has 2 amide bonds. The van der Waals surface area contributed by atoms with Gasteiger partial charge in [-0.05, 0) is 47.2 Å². The normalized spacial score (nSPS) is 17.5. The van der Waals surface area contributed by atoms with Gasteiger partial charge in [0.15, 0.2) is 11.5 Å². The number of carbonyl (C=O) groups excluding carboxylic acids is 2. The first-order valence-corrected chi connectivity index (χ1v) is 8.18. The number of nitrogens with one attached hydrogen (secondary N) is 1. The highest BCUT2D eigenvalue weighted by Crippen LogP contribution is 2.38. The van der Waals surface area contributed by atoms with E-state index in [0.29, 0.717) is 28.3 Å². The maximum atomic E-state index is 12.3. The number of methoxy groups -OCH3 is 3. The van der Waals surface area contributed by atoms with Crippen molar-refractivity contribution in [2.75, 3.05) is 28.4 Å².